The summed E-state index contributed by atoms with van der Waals surface area (Å²) in [6.07, 6.45) is 0. The van der Waals surface area contributed by atoms with E-state index in [1.165, 1.54) is 47.2 Å². The number of hydrogen-bond acceptors (Lipinski definition) is 3. The van der Waals surface area contributed by atoms with Crippen molar-refractivity contribution in [2.75, 3.05) is 0 Å². The molecule has 11 rings (SSSR count). The molecule has 0 amide bonds. The second-order valence-electron chi connectivity index (χ2n) is 12.6. The minimum Gasteiger partial charge on any atom is -0.309 e. The van der Waals surface area contributed by atoms with Gasteiger partial charge in [0.15, 0.2) is 0 Å². The third-order valence-electron chi connectivity index (χ3n) is 9.91. The number of benzene rings is 7. The SMILES string of the molecule is c1ccc(-c2nc(-n3c4ccccc4c4cc5c6cc7c(cc6n(-c6ccccc6)c5cc43)sc3ccccc37)nc3ccccc23)cc1. The number of rotatable bonds is 3. The quantitative estimate of drug-likeness (QED) is 0.192. The van der Waals surface area contributed by atoms with Crippen molar-refractivity contribution in [3.63, 3.8) is 0 Å². The fourth-order valence-corrected chi connectivity index (χ4v) is 8.87. The van der Waals surface area contributed by atoms with E-state index in [2.05, 4.69) is 161 Å². The van der Waals surface area contributed by atoms with Crippen molar-refractivity contribution in [2.45, 2.75) is 0 Å². The second-order valence-corrected chi connectivity index (χ2v) is 13.7. The molecule has 0 aliphatic rings. The van der Waals surface area contributed by atoms with Crippen molar-refractivity contribution in [2.24, 2.45) is 0 Å². The molecule has 4 aromatic heterocycles. The highest BCUT2D eigenvalue weighted by Crippen LogP contribution is 2.43. The molecule has 0 bridgehead atoms. The topological polar surface area (TPSA) is 35.6 Å². The minimum absolute atomic E-state index is 0.664. The summed E-state index contributed by atoms with van der Waals surface area (Å²) in [4.78, 5) is 10.5. The van der Waals surface area contributed by atoms with E-state index in [0.29, 0.717) is 5.95 Å². The lowest BCUT2D eigenvalue weighted by atomic mass is 10.1. The van der Waals surface area contributed by atoms with Crippen molar-refractivity contribution >= 4 is 86.0 Å². The van der Waals surface area contributed by atoms with Crippen LogP contribution in [0.25, 0.3) is 97.6 Å². The third kappa shape index (κ3) is 3.85. The predicted molar refractivity (Wildman–Crippen MR) is 207 cm³/mol. The molecule has 0 unspecified atom stereocenters. The zero-order valence-electron chi connectivity index (χ0n) is 26.2. The van der Waals surface area contributed by atoms with Gasteiger partial charge in [0.2, 0.25) is 5.95 Å². The van der Waals surface area contributed by atoms with Gasteiger partial charge < -0.3 is 4.57 Å². The highest BCUT2D eigenvalue weighted by atomic mass is 32.1. The average Bonchev–Trinajstić information content (AvgIpc) is 3.80. The van der Waals surface area contributed by atoms with Crippen LogP contribution in [-0.2, 0) is 0 Å². The lowest BCUT2D eigenvalue weighted by Crippen LogP contribution is -2.03. The molecule has 0 fully saturated rings. The molecular formula is C44H26N4S. The van der Waals surface area contributed by atoms with Gasteiger partial charge in [-0.25, -0.2) is 9.97 Å². The number of hydrogen-bond donors (Lipinski definition) is 0. The normalized spacial score (nSPS) is 12.1. The van der Waals surface area contributed by atoms with Gasteiger partial charge in [0.1, 0.15) is 0 Å². The van der Waals surface area contributed by atoms with Gasteiger partial charge in [-0.15, -0.1) is 11.3 Å². The first-order valence-corrected chi connectivity index (χ1v) is 17.3. The molecule has 0 saturated heterocycles. The van der Waals surface area contributed by atoms with Crippen LogP contribution < -0.4 is 0 Å². The van der Waals surface area contributed by atoms with Gasteiger partial charge in [0, 0.05) is 58.4 Å². The summed E-state index contributed by atoms with van der Waals surface area (Å²) in [6, 6.07) is 56.4. The van der Waals surface area contributed by atoms with Crippen LogP contribution in [0.2, 0.25) is 0 Å². The van der Waals surface area contributed by atoms with Gasteiger partial charge in [-0.1, -0.05) is 103 Å². The molecule has 0 spiro atoms. The van der Waals surface area contributed by atoms with Crippen LogP contribution in [0.1, 0.15) is 0 Å². The maximum atomic E-state index is 5.32. The fourth-order valence-electron chi connectivity index (χ4n) is 7.75. The Balaban J connectivity index is 1.29. The molecular weight excluding hydrogens is 617 g/mol. The summed E-state index contributed by atoms with van der Waals surface area (Å²) >= 11 is 1.86. The first-order valence-electron chi connectivity index (χ1n) is 16.5. The van der Waals surface area contributed by atoms with Gasteiger partial charge in [-0.05, 0) is 54.6 Å². The minimum atomic E-state index is 0.664. The van der Waals surface area contributed by atoms with Crippen LogP contribution in [0, 0.1) is 0 Å². The predicted octanol–water partition coefficient (Wildman–Crippen LogP) is 11.9. The van der Waals surface area contributed by atoms with E-state index < -0.39 is 0 Å². The van der Waals surface area contributed by atoms with Gasteiger partial charge in [0.05, 0.1) is 33.3 Å². The molecule has 7 aromatic carbocycles. The summed E-state index contributed by atoms with van der Waals surface area (Å²) in [5.74, 6) is 0.664. The Morgan fingerprint density at radius 2 is 1.00 bits per heavy atom. The van der Waals surface area contributed by atoms with Crippen LogP contribution >= 0.6 is 11.3 Å². The summed E-state index contributed by atoms with van der Waals surface area (Å²) in [7, 11) is 0. The lowest BCUT2D eigenvalue weighted by molar-refractivity contribution is 1.01. The molecule has 4 heterocycles. The largest absolute Gasteiger partial charge is 0.309 e. The zero-order chi connectivity index (χ0) is 32.1. The molecule has 0 radical (unpaired) electrons. The summed E-state index contributed by atoms with van der Waals surface area (Å²) in [5, 5.41) is 8.50. The van der Waals surface area contributed by atoms with Gasteiger partial charge in [-0.3, -0.25) is 4.57 Å². The van der Waals surface area contributed by atoms with Crippen molar-refractivity contribution in [3.8, 4) is 22.9 Å². The number of para-hydroxylation sites is 3. The van der Waals surface area contributed by atoms with E-state index >= 15 is 0 Å². The van der Waals surface area contributed by atoms with Gasteiger partial charge in [0.25, 0.3) is 0 Å². The number of fused-ring (bicyclic) bond motifs is 10. The summed E-state index contributed by atoms with van der Waals surface area (Å²) in [5.41, 5.74) is 8.58. The number of thiophene rings is 1. The van der Waals surface area contributed by atoms with E-state index in [1.807, 2.05) is 17.4 Å². The zero-order valence-corrected chi connectivity index (χ0v) is 27.0. The van der Waals surface area contributed by atoms with E-state index in [0.717, 1.165) is 44.4 Å². The van der Waals surface area contributed by atoms with Crippen molar-refractivity contribution in [1.29, 1.82) is 0 Å². The molecule has 49 heavy (non-hydrogen) atoms. The lowest BCUT2D eigenvalue weighted by Gasteiger charge is -2.12. The molecule has 228 valence electrons. The molecule has 0 aliphatic heterocycles. The molecule has 0 atom stereocenters. The molecule has 5 heteroatoms. The monoisotopic (exact) mass is 642 g/mol. The van der Waals surface area contributed by atoms with Gasteiger partial charge >= 0.3 is 0 Å². The standard InChI is InChI=1S/C44H26N4S/c1-3-13-27(14-4-1)43-31-19-7-10-20-36(31)45-44(46-43)48-37-21-11-8-17-29(37)32-23-33-34-24-35-30-18-9-12-22-41(30)49-42(35)26-40(34)47(38(33)25-39(32)48)28-15-5-2-6-16-28/h1-26H. The van der Waals surface area contributed by atoms with Crippen LogP contribution in [0.4, 0.5) is 0 Å². The van der Waals surface area contributed by atoms with E-state index in [1.54, 1.807) is 0 Å². The van der Waals surface area contributed by atoms with Crippen molar-refractivity contribution in [1.82, 2.24) is 19.1 Å². The smallest absolute Gasteiger partial charge is 0.235 e. The van der Waals surface area contributed by atoms with Crippen LogP contribution in [0.5, 0.6) is 0 Å². The van der Waals surface area contributed by atoms with Crippen LogP contribution in [0.3, 0.4) is 0 Å². The van der Waals surface area contributed by atoms with Crippen molar-refractivity contribution in [3.05, 3.63) is 158 Å². The molecule has 0 saturated carbocycles. The Hall–Kier alpha value is -6.30. The highest BCUT2D eigenvalue weighted by Gasteiger charge is 2.21. The molecule has 0 N–H and O–H groups in total. The first kappa shape index (κ1) is 26.7. The molecule has 11 aromatic rings. The number of nitrogens with zero attached hydrogens (tertiary/aromatic N) is 4. The Labute approximate surface area is 284 Å². The van der Waals surface area contributed by atoms with Crippen LogP contribution in [-0.4, -0.2) is 19.1 Å². The van der Waals surface area contributed by atoms with E-state index in [9.17, 15) is 0 Å². The molecule has 0 aliphatic carbocycles. The first-order chi connectivity index (χ1) is 24.3. The number of aromatic nitrogens is 4. The summed E-state index contributed by atoms with van der Waals surface area (Å²) in [6.45, 7) is 0. The maximum absolute atomic E-state index is 5.32. The average molecular weight is 643 g/mol. The highest BCUT2D eigenvalue weighted by molar-refractivity contribution is 7.25. The van der Waals surface area contributed by atoms with E-state index in [4.69, 9.17) is 9.97 Å². The van der Waals surface area contributed by atoms with Crippen molar-refractivity contribution < 1.29 is 0 Å². The Bertz CT molecular complexity index is 3100. The Kier molecular flexibility index (Phi) is 5.51. The Morgan fingerprint density at radius 3 is 1.84 bits per heavy atom. The third-order valence-corrected chi connectivity index (χ3v) is 11.0. The second kappa shape index (κ2) is 10.1. The molecule has 4 nitrogen and oxygen atoms in total. The van der Waals surface area contributed by atoms with Crippen LogP contribution in [0.15, 0.2) is 158 Å². The fraction of sp³-hybridized carbons (Fsp3) is 0. The van der Waals surface area contributed by atoms with Gasteiger partial charge in [-0.2, -0.15) is 0 Å². The Morgan fingerprint density at radius 1 is 0.388 bits per heavy atom. The van der Waals surface area contributed by atoms with E-state index in [-0.39, 0.29) is 0 Å². The maximum Gasteiger partial charge on any atom is 0.235 e. The summed E-state index contributed by atoms with van der Waals surface area (Å²) < 4.78 is 7.29.